The zero-order valence-corrected chi connectivity index (χ0v) is 13.8. The van der Waals surface area contributed by atoms with Crippen molar-refractivity contribution in [2.75, 3.05) is 6.54 Å². The first-order chi connectivity index (χ1) is 9.65. The molecule has 3 amide bonds. The third-order valence-electron chi connectivity index (χ3n) is 2.90. The average Bonchev–Trinajstić information content (AvgIpc) is 3.06. The molecule has 0 aromatic carbocycles. The van der Waals surface area contributed by atoms with Crippen LogP contribution >= 0.6 is 0 Å². The van der Waals surface area contributed by atoms with E-state index in [0.29, 0.717) is 18.5 Å². The minimum atomic E-state index is -0.519. The van der Waals surface area contributed by atoms with Gasteiger partial charge in [-0.15, -0.1) is 0 Å². The predicted octanol–water partition coefficient (Wildman–Crippen LogP) is 2.39. The number of alkyl carbamates (subject to hydrolysis) is 1. The van der Waals surface area contributed by atoms with Gasteiger partial charge in [-0.05, 0) is 46.0 Å². The number of carbonyl (C=O) groups excluding carboxylic acids is 2. The number of carbonyl (C=O) groups is 2. The number of nitrogens with one attached hydrogen (secondary N) is 3. The van der Waals surface area contributed by atoms with Crippen LogP contribution in [0.25, 0.3) is 0 Å². The Hall–Kier alpha value is -1.46. The van der Waals surface area contributed by atoms with Crippen LogP contribution in [0, 0.1) is 5.92 Å². The molecule has 3 N–H and O–H groups in total. The fourth-order valence-electron chi connectivity index (χ4n) is 1.92. The molecule has 6 heteroatoms. The number of urea groups is 1. The molecule has 0 aromatic rings. The molecular formula is C15H29N3O3. The lowest BCUT2D eigenvalue weighted by molar-refractivity contribution is 0.0521. The summed E-state index contributed by atoms with van der Waals surface area (Å²) >= 11 is 0. The molecule has 21 heavy (non-hydrogen) atoms. The van der Waals surface area contributed by atoms with E-state index in [-0.39, 0.29) is 12.1 Å². The summed E-state index contributed by atoms with van der Waals surface area (Å²) in [4.78, 5) is 23.5. The van der Waals surface area contributed by atoms with Crippen molar-refractivity contribution in [1.82, 2.24) is 16.0 Å². The molecule has 1 aliphatic rings. The summed E-state index contributed by atoms with van der Waals surface area (Å²) in [7, 11) is 0. The van der Waals surface area contributed by atoms with Gasteiger partial charge in [-0.25, -0.2) is 9.59 Å². The molecule has 0 spiro atoms. The van der Waals surface area contributed by atoms with Gasteiger partial charge in [0, 0.05) is 18.6 Å². The van der Waals surface area contributed by atoms with E-state index in [4.69, 9.17) is 4.74 Å². The molecule has 0 aliphatic heterocycles. The lowest BCUT2D eigenvalue weighted by Crippen LogP contribution is -2.49. The molecule has 0 bridgehead atoms. The second-order valence-corrected chi connectivity index (χ2v) is 7.10. The minimum absolute atomic E-state index is 0.101. The first kappa shape index (κ1) is 17.6. The van der Waals surface area contributed by atoms with Crippen molar-refractivity contribution in [1.29, 1.82) is 0 Å². The highest BCUT2D eigenvalue weighted by Gasteiger charge is 2.25. The van der Waals surface area contributed by atoms with Gasteiger partial charge < -0.3 is 20.7 Å². The van der Waals surface area contributed by atoms with Crippen molar-refractivity contribution >= 4 is 12.1 Å². The fraction of sp³-hybridized carbons (Fsp3) is 0.867. The van der Waals surface area contributed by atoms with Crippen LogP contribution in [0.2, 0.25) is 0 Å². The lowest BCUT2D eigenvalue weighted by Gasteiger charge is -2.23. The maximum absolute atomic E-state index is 11.8. The Morgan fingerprint density at radius 1 is 1.24 bits per heavy atom. The maximum Gasteiger partial charge on any atom is 0.407 e. The highest BCUT2D eigenvalue weighted by Crippen LogP contribution is 2.18. The lowest BCUT2D eigenvalue weighted by atomic mass is 10.0. The third-order valence-corrected chi connectivity index (χ3v) is 2.90. The Kier molecular flexibility index (Phi) is 6.30. The summed E-state index contributed by atoms with van der Waals surface area (Å²) in [5, 5.41) is 8.52. The van der Waals surface area contributed by atoms with E-state index in [0.717, 1.165) is 19.3 Å². The molecule has 1 fully saturated rings. The topological polar surface area (TPSA) is 79.5 Å². The Morgan fingerprint density at radius 2 is 1.86 bits per heavy atom. The van der Waals surface area contributed by atoms with Crippen molar-refractivity contribution < 1.29 is 14.3 Å². The zero-order chi connectivity index (χ0) is 16.0. The first-order valence-electron chi connectivity index (χ1n) is 7.69. The summed E-state index contributed by atoms with van der Waals surface area (Å²) in [6.07, 6.45) is 2.45. The average molecular weight is 299 g/mol. The van der Waals surface area contributed by atoms with Crippen molar-refractivity contribution in [3.8, 4) is 0 Å². The highest BCUT2D eigenvalue weighted by atomic mass is 16.6. The van der Waals surface area contributed by atoms with Gasteiger partial charge in [-0.3, -0.25) is 0 Å². The molecule has 0 aromatic heterocycles. The van der Waals surface area contributed by atoms with E-state index in [9.17, 15) is 9.59 Å². The van der Waals surface area contributed by atoms with E-state index < -0.39 is 11.7 Å². The van der Waals surface area contributed by atoms with Crippen molar-refractivity contribution in [2.24, 2.45) is 5.92 Å². The number of amides is 3. The van der Waals surface area contributed by atoms with E-state index >= 15 is 0 Å². The quantitative estimate of drug-likeness (QED) is 0.704. The molecule has 1 aliphatic carbocycles. The van der Waals surface area contributed by atoms with Crippen LogP contribution in [0.4, 0.5) is 9.59 Å². The second kappa shape index (κ2) is 7.52. The van der Waals surface area contributed by atoms with Gasteiger partial charge in [-0.2, -0.15) is 0 Å². The van der Waals surface area contributed by atoms with Crippen molar-refractivity contribution in [3.05, 3.63) is 0 Å². The van der Waals surface area contributed by atoms with Crippen molar-refractivity contribution in [2.45, 2.75) is 71.6 Å². The van der Waals surface area contributed by atoms with Gasteiger partial charge in [-0.1, -0.05) is 13.8 Å². The van der Waals surface area contributed by atoms with E-state index in [1.807, 2.05) is 20.8 Å². The number of ether oxygens (including phenoxy) is 1. The van der Waals surface area contributed by atoms with Crippen LogP contribution in [-0.4, -0.2) is 36.4 Å². The van der Waals surface area contributed by atoms with Gasteiger partial charge in [0.15, 0.2) is 0 Å². The molecule has 0 heterocycles. The summed E-state index contributed by atoms with van der Waals surface area (Å²) in [6, 6.07) is 0.0638. The highest BCUT2D eigenvalue weighted by molar-refractivity contribution is 5.75. The molecular weight excluding hydrogens is 270 g/mol. The van der Waals surface area contributed by atoms with Crippen LogP contribution in [0.15, 0.2) is 0 Å². The molecule has 1 atom stereocenters. The Labute approximate surface area is 127 Å². The summed E-state index contributed by atoms with van der Waals surface area (Å²) in [5.41, 5.74) is -0.519. The molecule has 0 radical (unpaired) electrons. The molecule has 1 unspecified atom stereocenters. The Morgan fingerprint density at radius 3 is 2.33 bits per heavy atom. The van der Waals surface area contributed by atoms with Crippen LogP contribution in [0.3, 0.4) is 0 Å². The molecule has 6 nitrogen and oxygen atoms in total. The van der Waals surface area contributed by atoms with Crippen LogP contribution < -0.4 is 16.0 Å². The second-order valence-electron chi connectivity index (χ2n) is 7.10. The van der Waals surface area contributed by atoms with Crippen LogP contribution in [-0.2, 0) is 4.74 Å². The smallest absolute Gasteiger partial charge is 0.407 e. The number of rotatable bonds is 6. The molecule has 122 valence electrons. The minimum Gasteiger partial charge on any atom is -0.444 e. The zero-order valence-electron chi connectivity index (χ0n) is 13.8. The molecule has 1 saturated carbocycles. The van der Waals surface area contributed by atoms with Crippen molar-refractivity contribution in [3.63, 3.8) is 0 Å². The number of hydrogen-bond acceptors (Lipinski definition) is 3. The first-order valence-corrected chi connectivity index (χ1v) is 7.69. The molecule has 0 saturated heterocycles. The predicted molar refractivity (Wildman–Crippen MR) is 82.2 cm³/mol. The van der Waals surface area contributed by atoms with Gasteiger partial charge in [0.2, 0.25) is 0 Å². The maximum atomic E-state index is 11.8. The SMILES string of the molecule is CC(C)CC(CNC(=O)OC(C)(C)C)NC(=O)NC1CC1. The summed E-state index contributed by atoms with van der Waals surface area (Å²) in [6.45, 7) is 9.99. The van der Waals surface area contributed by atoms with Gasteiger partial charge in [0.05, 0.1) is 0 Å². The Bertz CT molecular complexity index is 360. The van der Waals surface area contributed by atoms with Gasteiger partial charge >= 0.3 is 12.1 Å². The summed E-state index contributed by atoms with van der Waals surface area (Å²) in [5.74, 6) is 0.427. The van der Waals surface area contributed by atoms with Crippen LogP contribution in [0.1, 0.15) is 53.9 Å². The van der Waals surface area contributed by atoms with Crippen LogP contribution in [0.5, 0.6) is 0 Å². The monoisotopic (exact) mass is 299 g/mol. The Balaban J connectivity index is 2.37. The largest absolute Gasteiger partial charge is 0.444 e. The summed E-state index contributed by atoms with van der Waals surface area (Å²) < 4.78 is 5.19. The van der Waals surface area contributed by atoms with E-state index in [1.165, 1.54) is 0 Å². The third kappa shape index (κ3) is 9.15. The fourth-order valence-corrected chi connectivity index (χ4v) is 1.92. The van der Waals surface area contributed by atoms with E-state index in [2.05, 4.69) is 29.8 Å². The van der Waals surface area contributed by atoms with Gasteiger partial charge in [0.1, 0.15) is 5.60 Å². The van der Waals surface area contributed by atoms with E-state index in [1.54, 1.807) is 0 Å². The van der Waals surface area contributed by atoms with Gasteiger partial charge in [0.25, 0.3) is 0 Å². The number of hydrogen-bond donors (Lipinski definition) is 3. The standard InChI is InChI=1S/C15H29N3O3/c1-10(2)8-12(18-13(19)17-11-6-7-11)9-16-14(20)21-15(3,4)5/h10-12H,6-9H2,1-5H3,(H,16,20)(H2,17,18,19). The molecule has 1 rings (SSSR count). The normalized spacial score (nSPS) is 16.3.